The van der Waals surface area contributed by atoms with E-state index in [1.165, 1.54) is 12.0 Å². The van der Waals surface area contributed by atoms with E-state index in [0.717, 1.165) is 24.6 Å². The molecule has 4 unspecified atom stereocenters. The van der Waals surface area contributed by atoms with Gasteiger partial charge in [0.2, 0.25) is 0 Å². The second-order valence-electron chi connectivity index (χ2n) is 6.39. The molecular formula is C17H27NO. The molecule has 19 heavy (non-hydrogen) atoms. The third kappa shape index (κ3) is 3.37. The van der Waals surface area contributed by atoms with Crippen LogP contribution in [0.3, 0.4) is 0 Å². The summed E-state index contributed by atoms with van der Waals surface area (Å²) in [5.41, 5.74) is 2.25. The molecule has 1 N–H and O–H groups in total. The number of piperidine rings is 1. The van der Waals surface area contributed by atoms with Gasteiger partial charge in [-0.05, 0) is 43.2 Å². The predicted octanol–water partition coefficient (Wildman–Crippen LogP) is 3.39. The fraction of sp³-hybridized carbons (Fsp3) is 0.647. The van der Waals surface area contributed by atoms with Gasteiger partial charge in [0, 0.05) is 19.1 Å². The summed E-state index contributed by atoms with van der Waals surface area (Å²) in [5.74, 6) is 1.45. The normalized spacial score (nSPS) is 30.3. The van der Waals surface area contributed by atoms with Crippen LogP contribution >= 0.6 is 0 Å². The molecule has 2 nitrogen and oxygen atoms in total. The standard InChI is InChI=1S/C17H27NO/c1-12-9-14(3)15(4)18(10-12)11-17(19)16-8-6-5-7-13(16)2/h5-8,12,14-15,17,19H,9-11H2,1-4H3. The van der Waals surface area contributed by atoms with Crippen LogP contribution in [-0.4, -0.2) is 29.1 Å². The third-order valence-corrected chi connectivity index (χ3v) is 4.67. The molecule has 0 aliphatic carbocycles. The molecule has 4 atom stereocenters. The number of β-amino-alcohol motifs (C(OH)–C–C–N with tert-alkyl or cyclic N) is 1. The molecule has 2 heteroatoms. The highest BCUT2D eigenvalue weighted by Crippen LogP contribution is 2.29. The summed E-state index contributed by atoms with van der Waals surface area (Å²) < 4.78 is 0. The van der Waals surface area contributed by atoms with Crippen molar-refractivity contribution in [2.45, 2.75) is 46.3 Å². The molecular weight excluding hydrogens is 234 g/mol. The lowest BCUT2D eigenvalue weighted by Crippen LogP contribution is -2.47. The molecule has 1 aromatic carbocycles. The summed E-state index contributed by atoms with van der Waals surface area (Å²) in [4.78, 5) is 2.45. The Hall–Kier alpha value is -0.860. The van der Waals surface area contributed by atoms with Crippen LogP contribution in [-0.2, 0) is 0 Å². The van der Waals surface area contributed by atoms with Gasteiger partial charge in [-0.3, -0.25) is 4.90 Å². The topological polar surface area (TPSA) is 23.5 Å². The van der Waals surface area contributed by atoms with Gasteiger partial charge in [-0.1, -0.05) is 38.1 Å². The van der Waals surface area contributed by atoms with Crippen molar-refractivity contribution in [3.63, 3.8) is 0 Å². The van der Waals surface area contributed by atoms with Gasteiger partial charge < -0.3 is 5.11 Å². The minimum absolute atomic E-state index is 0.374. The van der Waals surface area contributed by atoms with Gasteiger partial charge in [0.25, 0.3) is 0 Å². The largest absolute Gasteiger partial charge is 0.387 e. The number of nitrogens with zero attached hydrogens (tertiary/aromatic N) is 1. The van der Waals surface area contributed by atoms with Crippen molar-refractivity contribution in [2.75, 3.05) is 13.1 Å². The molecule has 1 aliphatic heterocycles. The van der Waals surface area contributed by atoms with Gasteiger partial charge in [0.1, 0.15) is 0 Å². The fourth-order valence-electron chi connectivity index (χ4n) is 3.35. The average Bonchev–Trinajstić information content (AvgIpc) is 2.35. The van der Waals surface area contributed by atoms with E-state index in [9.17, 15) is 5.11 Å². The Morgan fingerprint density at radius 1 is 1.26 bits per heavy atom. The van der Waals surface area contributed by atoms with Crippen LogP contribution in [0, 0.1) is 18.8 Å². The maximum absolute atomic E-state index is 10.5. The number of hydrogen-bond donors (Lipinski definition) is 1. The van der Waals surface area contributed by atoms with Crippen LogP contribution in [0.1, 0.15) is 44.4 Å². The average molecular weight is 261 g/mol. The Bertz CT molecular complexity index is 417. The molecule has 1 aromatic rings. The molecule has 1 fully saturated rings. The van der Waals surface area contributed by atoms with E-state index in [0.29, 0.717) is 12.0 Å². The van der Waals surface area contributed by atoms with Gasteiger partial charge in [-0.15, -0.1) is 0 Å². The molecule has 1 aliphatic rings. The summed E-state index contributed by atoms with van der Waals surface area (Å²) in [6, 6.07) is 8.72. The van der Waals surface area contributed by atoms with E-state index in [4.69, 9.17) is 0 Å². The van der Waals surface area contributed by atoms with Crippen LogP contribution in [0.4, 0.5) is 0 Å². The first kappa shape index (κ1) is 14.5. The molecule has 106 valence electrons. The van der Waals surface area contributed by atoms with E-state index >= 15 is 0 Å². The zero-order chi connectivity index (χ0) is 14.0. The minimum atomic E-state index is -0.374. The third-order valence-electron chi connectivity index (χ3n) is 4.67. The molecule has 1 heterocycles. The Morgan fingerprint density at radius 2 is 1.95 bits per heavy atom. The fourth-order valence-corrected chi connectivity index (χ4v) is 3.35. The highest BCUT2D eigenvalue weighted by atomic mass is 16.3. The van der Waals surface area contributed by atoms with Crippen LogP contribution in [0.5, 0.6) is 0 Å². The van der Waals surface area contributed by atoms with E-state index in [1.807, 2.05) is 18.2 Å². The number of likely N-dealkylation sites (tertiary alicyclic amines) is 1. The summed E-state index contributed by atoms with van der Waals surface area (Å²) in [7, 11) is 0. The Kier molecular flexibility index (Phi) is 4.64. The monoisotopic (exact) mass is 261 g/mol. The van der Waals surface area contributed by atoms with Gasteiger partial charge >= 0.3 is 0 Å². The summed E-state index contributed by atoms with van der Waals surface area (Å²) in [5, 5.41) is 10.5. The van der Waals surface area contributed by atoms with E-state index in [1.54, 1.807) is 0 Å². The van der Waals surface area contributed by atoms with Crippen LogP contribution in [0.2, 0.25) is 0 Å². The lowest BCUT2D eigenvalue weighted by atomic mass is 9.85. The number of aliphatic hydroxyl groups excluding tert-OH is 1. The molecule has 1 saturated heterocycles. The molecule has 0 spiro atoms. The Labute approximate surface area is 117 Å². The highest BCUT2D eigenvalue weighted by molar-refractivity contribution is 5.27. The summed E-state index contributed by atoms with van der Waals surface area (Å²) >= 11 is 0. The van der Waals surface area contributed by atoms with Crippen molar-refractivity contribution in [2.24, 2.45) is 11.8 Å². The second-order valence-corrected chi connectivity index (χ2v) is 6.39. The molecule has 2 rings (SSSR count). The maximum Gasteiger partial charge on any atom is 0.0919 e. The maximum atomic E-state index is 10.5. The van der Waals surface area contributed by atoms with Crippen molar-refractivity contribution in [1.82, 2.24) is 4.90 Å². The van der Waals surface area contributed by atoms with Gasteiger partial charge in [0.15, 0.2) is 0 Å². The second kappa shape index (κ2) is 6.06. The first-order valence-corrected chi connectivity index (χ1v) is 7.46. The summed E-state index contributed by atoms with van der Waals surface area (Å²) in [6.07, 6.45) is 0.930. The van der Waals surface area contributed by atoms with E-state index < -0.39 is 0 Å². The quantitative estimate of drug-likeness (QED) is 0.901. The van der Waals surface area contributed by atoms with E-state index in [-0.39, 0.29) is 6.10 Å². The number of rotatable bonds is 3. The minimum Gasteiger partial charge on any atom is -0.387 e. The Morgan fingerprint density at radius 3 is 2.63 bits per heavy atom. The molecule has 0 bridgehead atoms. The first-order valence-electron chi connectivity index (χ1n) is 7.46. The zero-order valence-electron chi connectivity index (χ0n) is 12.6. The molecule has 0 aromatic heterocycles. The lowest BCUT2D eigenvalue weighted by molar-refractivity contribution is 0.0314. The number of aliphatic hydroxyl groups is 1. The molecule has 0 amide bonds. The van der Waals surface area contributed by atoms with Crippen molar-refractivity contribution in [3.05, 3.63) is 35.4 Å². The van der Waals surface area contributed by atoms with Crippen LogP contribution in [0.25, 0.3) is 0 Å². The number of hydrogen-bond acceptors (Lipinski definition) is 2. The Balaban J connectivity index is 2.06. The van der Waals surface area contributed by atoms with E-state index in [2.05, 4.69) is 38.7 Å². The number of aryl methyl sites for hydroxylation is 1. The van der Waals surface area contributed by atoms with Crippen molar-refractivity contribution < 1.29 is 5.11 Å². The lowest BCUT2D eigenvalue weighted by Gasteiger charge is -2.42. The van der Waals surface area contributed by atoms with Gasteiger partial charge in [-0.2, -0.15) is 0 Å². The zero-order valence-corrected chi connectivity index (χ0v) is 12.6. The van der Waals surface area contributed by atoms with Crippen LogP contribution < -0.4 is 0 Å². The first-order chi connectivity index (χ1) is 8.99. The van der Waals surface area contributed by atoms with Crippen molar-refractivity contribution >= 4 is 0 Å². The molecule has 0 saturated carbocycles. The smallest absolute Gasteiger partial charge is 0.0919 e. The predicted molar refractivity (Wildman–Crippen MR) is 80.1 cm³/mol. The van der Waals surface area contributed by atoms with Gasteiger partial charge in [-0.25, -0.2) is 0 Å². The van der Waals surface area contributed by atoms with Gasteiger partial charge in [0.05, 0.1) is 6.10 Å². The van der Waals surface area contributed by atoms with Crippen molar-refractivity contribution in [3.8, 4) is 0 Å². The summed E-state index contributed by atoms with van der Waals surface area (Å²) in [6.45, 7) is 10.9. The van der Waals surface area contributed by atoms with Crippen LogP contribution in [0.15, 0.2) is 24.3 Å². The van der Waals surface area contributed by atoms with Crippen molar-refractivity contribution in [1.29, 1.82) is 0 Å². The SMILES string of the molecule is Cc1ccccc1C(O)CN1CC(C)CC(C)C1C. The molecule has 0 radical (unpaired) electrons. The highest BCUT2D eigenvalue weighted by Gasteiger charge is 2.30. The number of benzene rings is 1.